The maximum atomic E-state index is 13.5. The molecule has 3 rings (SSSR count). The zero-order chi connectivity index (χ0) is 17.8. The normalized spacial score (nSPS) is 12.2. The number of ketones is 2. The van der Waals surface area contributed by atoms with Crippen molar-refractivity contribution in [2.24, 2.45) is 0 Å². The number of carbonyl (C=O) groups excluding carboxylic acids is 2. The first-order valence-electron chi connectivity index (χ1n) is 6.63. The average molecular weight is 324 g/mol. The molecule has 0 N–H and O–H groups in total. The highest BCUT2D eigenvalue weighted by Gasteiger charge is 2.39. The Bertz CT molecular complexity index is 1060. The molecule has 6 nitrogen and oxygen atoms in total. The first-order chi connectivity index (χ1) is 11.3. The Hall–Kier alpha value is -3.52. The largest absolute Gasteiger partial charge is 0.285 e. The van der Waals surface area contributed by atoms with Crippen LogP contribution in [0.1, 0.15) is 43.1 Å². The predicted molar refractivity (Wildman–Crippen MR) is 74.9 cm³/mol. The molecule has 0 amide bonds. The van der Waals surface area contributed by atoms with Crippen LogP contribution in [-0.4, -0.2) is 21.5 Å². The van der Waals surface area contributed by atoms with E-state index < -0.39 is 34.8 Å². The summed E-state index contributed by atoms with van der Waals surface area (Å²) in [6, 6.07) is 3.69. The van der Waals surface area contributed by atoms with Crippen molar-refractivity contribution >= 4 is 11.6 Å². The van der Waals surface area contributed by atoms with Gasteiger partial charge in [0.1, 0.15) is 23.5 Å². The number of fused-ring (bicyclic) bond motifs is 3. The van der Waals surface area contributed by atoms with E-state index in [0.717, 1.165) is 0 Å². The quantitative estimate of drug-likeness (QED) is 0.687. The predicted octanol–water partition coefficient (Wildman–Crippen LogP) is 2.16. The van der Waals surface area contributed by atoms with Crippen molar-refractivity contribution in [2.45, 2.75) is 13.8 Å². The van der Waals surface area contributed by atoms with Gasteiger partial charge in [-0.3, -0.25) is 9.59 Å². The summed E-state index contributed by atoms with van der Waals surface area (Å²) in [6.07, 6.45) is 0. The van der Waals surface area contributed by atoms with Crippen LogP contribution in [0, 0.1) is 48.4 Å². The molecule has 116 valence electrons. The Labute approximate surface area is 134 Å². The van der Waals surface area contributed by atoms with E-state index in [0.29, 0.717) is 11.1 Å². The Balaban J connectivity index is 2.62. The molecule has 0 saturated carbocycles. The van der Waals surface area contributed by atoms with Gasteiger partial charge in [0.25, 0.3) is 17.7 Å². The number of nitriles is 2. The number of aromatic nitrogens is 2. The molecular formula is C16H6F2N4O2. The zero-order valence-corrected chi connectivity index (χ0v) is 12.4. The minimum Gasteiger partial charge on any atom is -0.285 e. The molecule has 1 aromatic carbocycles. The van der Waals surface area contributed by atoms with Crippen molar-refractivity contribution in [1.82, 2.24) is 9.97 Å². The lowest BCUT2D eigenvalue weighted by Gasteiger charge is -2.21. The topological polar surface area (TPSA) is 108 Å². The molecule has 1 aliphatic rings. The number of carbonyl (C=O) groups is 2. The van der Waals surface area contributed by atoms with Crippen molar-refractivity contribution in [3.8, 4) is 23.4 Å². The third kappa shape index (κ3) is 1.77. The van der Waals surface area contributed by atoms with E-state index in [-0.39, 0.29) is 22.3 Å². The second kappa shape index (κ2) is 5.00. The van der Waals surface area contributed by atoms with E-state index in [4.69, 9.17) is 0 Å². The van der Waals surface area contributed by atoms with E-state index in [2.05, 4.69) is 9.97 Å². The van der Waals surface area contributed by atoms with Crippen LogP contribution in [0.2, 0.25) is 0 Å². The smallest absolute Gasteiger partial charge is 0.269 e. The highest BCUT2D eigenvalue weighted by atomic mass is 19.2. The summed E-state index contributed by atoms with van der Waals surface area (Å²) in [5, 5.41) is 18.8. The third-order valence-electron chi connectivity index (χ3n) is 3.99. The van der Waals surface area contributed by atoms with E-state index in [1.165, 1.54) is 6.92 Å². The lowest BCUT2D eigenvalue weighted by atomic mass is 9.80. The third-order valence-corrected chi connectivity index (χ3v) is 3.99. The fourth-order valence-electron chi connectivity index (χ4n) is 2.69. The second-order valence-corrected chi connectivity index (χ2v) is 5.13. The molecule has 0 fully saturated rings. The van der Waals surface area contributed by atoms with Crippen molar-refractivity contribution < 1.29 is 18.4 Å². The molecule has 24 heavy (non-hydrogen) atoms. The molecule has 1 aromatic heterocycles. The Kier molecular flexibility index (Phi) is 3.20. The van der Waals surface area contributed by atoms with Crippen LogP contribution < -0.4 is 0 Å². The van der Waals surface area contributed by atoms with Crippen LogP contribution in [0.4, 0.5) is 8.78 Å². The van der Waals surface area contributed by atoms with E-state index in [9.17, 15) is 28.9 Å². The lowest BCUT2D eigenvalue weighted by Crippen LogP contribution is -2.27. The molecule has 1 heterocycles. The molecule has 8 heteroatoms. The summed E-state index contributed by atoms with van der Waals surface area (Å²) >= 11 is 0. The number of hydrogen-bond donors (Lipinski definition) is 0. The molecule has 0 bridgehead atoms. The SMILES string of the molecule is Cc1c(C)c(C#N)c2c(c1C#N)C(=O)C(=O)c1nc(F)c(F)nc1-2. The van der Waals surface area contributed by atoms with Gasteiger partial charge in [-0.15, -0.1) is 0 Å². The number of Topliss-reactive ketones (excluding diaryl/α,β-unsaturated/α-hetero) is 2. The van der Waals surface area contributed by atoms with Gasteiger partial charge in [-0.05, 0) is 25.0 Å². The van der Waals surface area contributed by atoms with E-state index >= 15 is 0 Å². The molecule has 0 spiro atoms. The summed E-state index contributed by atoms with van der Waals surface area (Å²) in [4.78, 5) is 31.1. The maximum Gasteiger partial charge on any atom is 0.269 e. The molecule has 0 saturated heterocycles. The molecule has 1 aliphatic carbocycles. The van der Waals surface area contributed by atoms with Crippen LogP contribution >= 0.6 is 0 Å². The van der Waals surface area contributed by atoms with Gasteiger partial charge in [-0.1, -0.05) is 0 Å². The minimum absolute atomic E-state index is 0.0380. The van der Waals surface area contributed by atoms with E-state index in [1.54, 1.807) is 6.92 Å². The Morgan fingerprint density at radius 1 is 0.792 bits per heavy atom. The van der Waals surface area contributed by atoms with Crippen molar-refractivity contribution in [1.29, 1.82) is 10.5 Å². The zero-order valence-electron chi connectivity index (χ0n) is 12.4. The van der Waals surface area contributed by atoms with Crippen LogP contribution in [0.15, 0.2) is 0 Å². The highest BCUT2D eigenvalue weighted by molar-refractivity contribution is 6.53. The summed E-state index contributed by atoms with van der Waals surface area (Å²) in [5.74, 6) is -5.50. The summed E-state index contributed by atoms with van der Waals surface area (Å²) in [5.41, 5.74) is -0.973. The van der Waals surface area contributed by atoms with Crippen molar-refractivity contribution in [3.63, 3.8) is 0 Å². The van der Waals surface area contributed by atoms with Crippen LogP contribution in [-0.2, 0) is 0 Å². The number of nitrogens with zero attached hydrogens (tertiary/aromatic N) is 4. The van der Waals surface area contributed by atoms with Gasteiger partial charge in [0.15, 0.2) is 0 Å². The summed E-state index contributed by atoms with van der Waals surface area (Å²) < 4.78 is 26.9. The number of hydrogen-bond acceptors (Lipinski definition) is 6. The fraction of sp³-hybridized carbons (Fsp3) is 0.125. The van der Waals surface area contributed by atoms with E-state index in [1.807, 2.05) is 12.1 Å². The molecule has 2 aromatic rings. The Morgan fingerprint density at radius 2 is 1.25 bits per heavy atom. The standard InChI is InChI=1S/C16H6F2N4O2/c1-5-6(2)8(4-20)10-9(7(5)3-19)11-12(14(24)13(10)23)22-16(18)15(17)21-11/h1-2H3. The first kappa shape index (κ1) is 15.4. The number of rotatable bonds is 0. The van der Waals surface area contributed by atoms with Gasteiger partial charge in [0.05, 0.1) is 16.7 Å². The lowest BCUT2D eigenvalue weighted by molar-refractivity contribution is 0.0810. The minimum atomic E-state index is -1.62. The van der Waals surface area contributed by atoms with Crippen LogP contribution in [0.25, 0.3) is 11.3 Å². The summed E-state index contributed by atoms with van der Waals surface area (Å²) in [7, 11) is 0. The van der Waals surface area contributed by atoms with Crippen molar-refractivity contribution in [3.05, 3.63) is 45.4 Å². The monoisotopic (exact) mass is 324 g/mol. The first-order valence-corrected chi connectivity index (χ1v) is 6.63. The van der Waals surface area contributed by atoms with Gasteiger partial charge in [-0.2, -0.15) is 19.3 Å². The molecule has 0 atom stereocenters. The molecule has 0 radical (unpaired) electrons. The van der Waals surface area contributed by atoms with Crippen molar-refractivity contribution in [2.75, 3.05) is 0 Å². The summed E-state index contributed by atoms with van der Waals surface area (Å²) in [6.45, 7) is 3.07. The molecular weight excluding hydrogens is 318 g/mol. The van der Waals surface area contributed by atoms with Crippen LogP contribution in [0.5, 0.6) is 0 Å². The second-order valence-electron chi connectivity index (χ2n) is 5.13. The maximum absolute atomic E-state index is 13.5. The fourth-order valence-corrected chi connectivity index (χ4v) is 2.69. The number of halogens is 2. The average Bonchev–Trinajstić information content (AvgIpc) is 2.56. The Morgan fingerprint density at radius 3 is 1.75 bits per heavy atom. The molecule has 0 unspecified atom stereocenters. The van der Waals surface area contributed by atoms with Gasteiger partial charge in [-0.25, -0.2) is 9.97 Å². The van der Waals surface area contributed by atoms with Crippen LogP contribution in [0.3, 0.4) is 0 Å². The number of benzene rings is 1. The van der Waals surface area contributed by atoms with Gasteiger partial charge in [0, 0.05) is 5.56 Å². The van der Waals surface area contributed by atoms with Gasteiger partial charge >= 0.3 is 0 Å². The molecule has 0 aliphatic heterocycles. The van der Waals surface area contributed by atoms with Gasteiger partial charge < -0.3 is 0 Å². The van der Waals surface area contributed by atoms with Gasteiger partial charge in [0.2, 0.25) is 5.78 Å². The highest BCUT2D eigenvalue weighted by Crippen LogP contribution is 2.39.